The van der Waals surface area contributed by atoms with Crippen molar-refractivity contribution in [2.24, 2.45) is 0 Å². The van der Waals surface area contributed by atoms with Crippen molar-refractivity contribution in [3.8, 4) is 17.2 Å². The summed E-state index contributed by atoms with van der Waals surface area (Å²) < 4.78 is 16.3. The van der Waals surface area contributed by atoms with Gasteiger partial charge in [-0.2, -0.15) is 0 Å². The van der Waals surface area contributed by atoms with Crippen molar-refractivity contribution in [1.29, 1.82) is 0 Å². The Bertz CT molecular complexity index is 1410. The topological polar surface area (TPSA) is 74.7 Å². The SMILES string of the molecule is CC(=O)Oc1ccc(/C=C/c2ccc3cccc(OCc4ccc(Cl)cc4)c3n2)cc1OC(C)=O. The van der Waals surface area contributed by atoms with Crippen LogP contribution in [0, 0.1) is 0 Å². The van der Waals surface area contributed by atoms with Crippen LogP contribution in [0.1, 0.15) is 30.7 Å². The number of benzene rings is 3. The van der Waals surface area contributed by atoms with Crippen molar-refractivity contribution in [2.45, 2.75) is 20.5 Å². The van der Waals surface area contributed by atoms with Gasteiger partial charge in [0.05, 0.1) is 5.69 Å². The lowest BCUT2D eigenvalue weighted by Gasteiger charge is -2.10. The number of hydrogen-bond acceptors (Lipinski definition) is 6. The fourth-order valence-electron chi connectivity index (χ4n) is 3.37. The molecule has 0 spiro atoms. The lowest BCUT2D eigenvalue weighted by atomic mass is 10.1. The van der Waals surface area contributed by atoms with Gasteiger partial charge in [0.15, 0.2) is 11.5 Å². The zero-order chi connectivity index (χ0) is 24.8. The van der Waals surface area contributed by atoms with Crippen molar-refractivity contribution >= 4 is 46.6 Å². The van der Waals surface area contributed by atoms with Crippen molar-refractivity contribution in [3.05, 3.63) is 94.6 Å². The first kappa shape index (κ1) is 24.0. The number of hydrogen-bond donors (Lipinski definition) is 0. The minimum atomic E-state index is -0.512. The molecule has 0 saturated heterocycles. The first-order chi connectivity index (χ1) is 16.9. The van der Waals surface area contributed by atoms with Gasteiger partial charge in [-0.25, -0.2) is 4.98 Å². The fraction of sp³-hybridized carbons (Fsp3) is 0.107. The summed E-state index contributed by atoms with van der Waals surface area (Å²) in [6, 6.07) is 22.1. The number of nitrogens with zero attached hydrogens (tertiary/aromatic N) is 1. The van der Waals surface area contributed by atoms with Crippen LogP contribution in [-0.4, -0.2) is 16.9 Å². The second-order valence-electron chi connectivity index (χ2n) is 7.71. The van der Waals surface area contributed by atoms with Crippen molar-refractivity contribution < 1.29 is 23.8 Å². The highest BCUT2D eigenvalue weighted by molar-refractivity contribution is 6.30. The number of pyridine rings is 1. The number of carbonyl (C=O) groups is 2. The molecule has 0 bridgehead atoms. The third-order valence-electron chi connectivity index (χ3n) is 4.93. The van der Waals surface area contributed by atoms with E-state index in [0.717, 1.165) is 27.7 Å². The minimum Gasteiger partial charge on any atom is -0.487 e. The van der Waals surface area contributed by atoms with E-state index in [1.54, 1.807) is 18.2 Å². The molecular formula is C28H22ClNO5. The molecule has 0 radical (unpaired) electrons. The predicted molar refractivity (Wildman–Crippen MR) is 136 cm³/mol. The van der Waals surface area contributed by atoms with Gasteiger partial charge in [-0.05, 0) is 53.6 Å². The summed E-state index contributed by atoms with van der Waals surface area (Å²) in [6.07, 6.45) is 3.67. The molecule has 0 N–H and O–H groups in total. The first-order valence-electron chi connectivity index (χ1n) is 10.8. The number of para-hydroxylation sites is 1. The average Bonchev–Trinajstić information content (AvgIpc) is 2.83. The Morgan fingerprint density at radius 3 is 2.31 bits per heavy atom. The van der Waals surface area contributed by atoms with Crippen LogP contribution in [0.4, 0.5) is 0 Å². The Balaban J connectivity index is 1.57. The Labute approximate surface area is 207 Å². The lowest BCUT2D eigenvalue weighted by molar-refractivity contribution is -0.134. The largest absolute Gasteiger partial charge is 0.487 e. The minimum absolute atomic E-state index is 0.166. The van der Waals surface area contributed by atoms with Gasteiger partial charge in [-0.1, -0.05) is 54.1 Å². The molecule has 35 heavy (non-hydrogen) atoms. The van der Waals surface area contributed by atoms with E-state index in [1.165, 1.54) is 13.8 Å². The number of rotatable bonds is 7. The molecule has 6 nitrogen and oxygen atoms in total. The summed E-state index contributed by atoms with van der Waals surface area (Å²) in [5, 5.41) is 1.64. The van der Waals surface area contributed by atoms with Crippen LogP contribution in [0.15, 0.2) is 72.8 Å². The van der Waals surface area contributed by atoms with Crippen LogP contribution in [0.2, 0.25) is 5.02 Å². The number of carbonyl (C=O) groups excluding carboxylic acids is 2. The molecule has 1 heterocycles. The highest BCUT2D eigenvalue weighted by Crippen LogP contribution is 2.30. The molecule has 0 aliphatic carbocycles. The van der Waals surface area contributed by atoms with Gasteiger partial charge in [0.1, 0.15) is 17.9 Å². The maximum absolute atomic E-state index is 11.4. The molecule has 176 valence electrons. The summed E-state index contributed by atoms with van der Waals surface area (Å²) in [7, 11) is 0. The summed E-state index contributed by atoms with van der Waals surface area (Å²) in [4.78, 5) is 27.5. The maximum Gasteiger partial charge on any atom is 0.308 e. The monoisotopic (exact) mass is 487 g/mol. The van der Waals surface area contributed by atoms with Gasteiger partial charge >= 0.3 is 11.9 Å². The molecule has 4 aromatic rings. The molecule has 0 fully saturated rings. The van der Waals surface area contributed by atoms with Gasteiger partial charge in [-0.3, -0.25) is 9.59 Å². The molecule has 0 aliphatic heterocycles. The van der Waals surface area contributed by atoms with E-state index in [9.17, 15) is 9.59 Å². The lowest BCUT2D eigenvalue weighted by Crippen LogP contribution is -2.07. The fourth-order valence-corrected chi connectivity index (χ4v) is 3.50. The Morgan fingerprint density at radius 1 is 0.829 bits per heavy atom. The summed E-state index contributed by atoms with van der Waals surface area (Å²) in [6.45, 7) is 2.96. The molecule has 0 amide bonds. The summed E-state index contributed by atoms with van der Waals surface area (Å²) in [5.41, 5.74) is 3.21. The van der Waals surface area contributed by atoms with E-state index in [2.05, 4.69) is 0 Å². The Morgan fingerprint density at radius 2 is 1.57 bits per heavy atom. The van der Waals surface area contributed by atoms with Gasteiger partial charge < -0.3 is 14.2 Å². The molecule has 0 saturated carbocycles. The van der Waals surface area contributed by atoms with Gasteiger partial charge in [0.2, 0.25) is 0 Å². The number of ether oxygens (including phenoxy) is 3. The average molecular weight is 488 g/mol. The molecule has 4 rings (SSSR count). The van der Waals surface area contributed by atoms with Gasteiger partial charge in [0.25, 0.3) is 0 Å². The molecule has 7 heteroatoms. The molecule has 3 aromatic carbocycles. The number of aromatic nitrogens is 1. The van der Waals surface area contributed by atoms with Crippen LogP contribution >= 0.6 is 11.6 Å². The van der Waals surface area contributed by atoms with E-state index >= 15 is 0 Å². The van der Waals surface area contributed by atoms with E-state index < -0.39 is 11.9 Å². The number of esters is 2. The zero-order valence-corrected chi connectivity index (χ0v) is 19.9. The standard InChI is InChI=1S/C28H22ClNO5/c1-18(31)34-25-15-9-20(16-27(25)35-19(2)32)8-13-24-14-10-22-4-3-5-26(28(22)30-24)33-17-21-6-11-23(29)12-7-21/h3-16H,17H2,1-2H3/b13-8+. The first-order valence-corrected chi connectivity index (χ1v) is 11.2. The van der Waals surface area contributed by atoms with Crippen LogP contribution in [0.3, 0.4) is 0 Å². The van der Waals surface area contributed by atoms with E-state index in [1.807, 2.05) is 66.7 Å². The Kier molecular flexibility index (Phi) is 7.43. The van der Waals surface area contributed by atoms with Gasteiger partial charge in [0, 0.05) is 24.3 Å². The zero-order valence-electron chi connectivity index (χ0n) is 19.2. The van der Waals surface area contributed by atoms with Crippen LogP contribution < -0.4 is 14.2 Å². The normalized spacial score (nSPS) is 10.9. The van der Waals surface area contributed by atoms with Crippen molar-refractivity contribution in [1.82, 2.24) is 4.98 Å². The number of fused-ring (bicyclic) bond motifs is 1. The molecule has 0 aliphatic rings. The highest BCUT2D eigenvalue weighted by Gasteiger charge is 2.11. The quantitative estimate of drug-likeness (QED) is 0.219. The van der Waals surface area contributed by atoms with E-state index in [0.29, 0.717) is 17.4 Å². The predicted octanol–water partition coefficient (Wildman–Crippen LogP) is 6.49. The molecule has 0 unspecified atom stereocenters. The van der Waals surface area contributed by atoms with Crippen molar-refractivity contribution in [2.75, 3.05) is 0 Å². The molecule has 0 atom stereocenters. The number of halogens is 1. The second-order valence-corrected chi connectivity index (χ2v) is 8.14. The van der Waals surface area contributed by atoms with Crippen molar-refractivity contribution in [3.63, 3.8) is 0 Å². The molecule has 1 aromatic heterocycles. The maximum atomic E-state index is 11.4. The summed E-state index contributed by atoms with van der Waals surface area (Å²) in [5.74, 6) is 0.00365. The summed E-state index contributed by atoms with van der Waals surface area (Å²) >= 11 is 5.96. The van der Waals surface area contributed by atoms with Crippen LogP contribution in [0.25, 0.3) is 23.1 Å². The molecular weight excluding hydrogens is 466 g/mol. The second kappa shape index (κ2) is 10.8. The van der Waals surface area contributed by atoms with Gasteiger partial charge in [-0.15, -0.1) is 0 Å². The third kappa shape index (κ3) is 6.46. The highest BCUT2D eigenvalue weighted by atomic mass is 35.5. The van der Waals surface area contributed by atoms with E-state index in [-0.39, 0.29) is 11.5 Å². The van der Waals surface area contributed by atoms with Crippen LogP contribution in [-0.2, 0) is 16.2 Å². The van der Waals surface area contributed by atoms with E-state index in [4.69, 9.17) is 30.8 Å². The third-order valence-corrected chi connectivity index (χ3v) is 5.19. The smallest absolute Gasteiger partial charge is 0.308 e. The Hall–Kier alpha value is -4.16. The van der Waals surface area contributed by atoms with Crippen LogP contribution in [0.5, 0.6) is 17.2 Å².